The lowest BCUT2D eigenvalue weighted by molar-refractivity contribution is 0.534. The Balaban J connectivity index is 1.77. The van der Waals surface area contributed by atoms with Gasteiger partial charge in [-0.1, -0.05) is 60.7 Å². The Bertz CT molecular complexity index is 756. The lowest BCUT2D eigenvalue weighted by Crippen LogP contribution is -2.36. The summed E-state index contributed by atoms with van der Waals surface area (Å²) >= 11 is 0. The molecule has 1 aliphatic heterocycles. The van der Waals surface area contributed by atoms with Gasteiger partial charge < -0.3 is 0 Å². The molecule has 0 saturated carbocycles. The predicted octanol–water partition coefficient (Wildman–Crippen LogP) is 2.47. The highest BCUT2D eigenvalue weighted by Gasteiger charge is 2.28. The van der Waals surface area contributed by atoms with E-state index >= 15 is 0 Å². The molecular weight excluding hydrogens is 296 g/mol. The van der Waals surface area contributed by atoms with Gasteiger partial charge in [0.2, 0.25) is 10.0 Å². The molecule has 4 nitrogen and oxygen atoms in total. The molecule has 0 aromatic heterocycles. The molecule has 3 rings (SSSR count). The summed E-state index contributed by atoms with van der Waals surface area (Å²) in [6, 6.07) is 19.1. The number of hydrogen-bond donors (Lipinski definition) is 0. The number of nitrogens with zero attached hydrogens (tertiary/aromatic N) is 2. The summed E-state index contributed by atoms with van der Waals surface area (Å²) in [6.45, 7) is 0.980. The molecule has 5 heteroatoms. The normalized spacial score (nSPS) is 14.9. The van der Waals surface area contributed by atoms with Crippen molar-refractivity contribution >= 4 is 15.9 Å². The first-order valence-electron chi connectivity index (χ1n) is 7.27. The maximum absolute atomic E-state index is 12.6. The minimum absolute atomic E-state index is 0.0155. The van der Waals surface area contributed by atoms with Crippen LogP contribution in [0.4, 0.5) is 0 Å². The molecule has 0 radical (unpaired) electrons. The van der Waals surface area contributed by atoms with Gasteiger partial charge in [0, 0.05) is 6.42 Å². The van der Waals surface area contributed by atoms with Crippen LogP contribution >= 0.6 is 0 Å². The van der Waals surface area contributed by atoms with E-state index in [2.05, 4.69) is 4.99 Å². The topological polar surface area (TPSA) is 49.7 Å². The lowest BCUT2D eigenvalue weighted by Gasteiger charge is -2.20. The highest BCUT2D eigenvalue weighted by atomic mass is 32.2. The Hall–Kier alpha value is -2.14. The number of rotatable bonds is 5. The average molecular weight is 314 g/mol. The highest BCUT2D eigenvalue weighted by Crippen LogP contribution is 2.17. The molecule has 0 fully saturated rings. The number of benzene rings is 2. The Labute approximate surface area is 131 Å². The van der Waals surface area contributed by atoms with E-state index in [1.807, 2.05) is 60.7 Å². The summed E-state index contributed by atoms with van der Waals surface area (Å²) in [7, 11) is -3.38. The SMILES string of the molecule is O=S(=O)(Cc1ccccc1)N1CCN=C1Cc1ccccc1. The number of hydrogen-bond acceptors (Lipinski definition) is 3. The van der Waals surface area contributed by atoms with Gasteiger partial charge in [-0.25, -0.2) is 8.42 Å². The van der Waals surface area contributed by atoms with Crippen molar-refractivity contribution in [1.29, 1.82) is 0 Å². The molecule has 0 spiro atoms. The van der Waals surface area contributed by atoms with Gasteiger partial charge in [0.25, 0.3) is 0 Å². The third-order valence-electron chi connectivity index (χ3n) is 3.62. The Morgan fingerprint density at radius 3 is 2.14 bits per heavy atom. The largest absolute Gasteiger partial charge is 0.269 e. The van der Waals surface area contributed by atoms with Crippen LogP contribution in [-0.2, 0) is 22.2 Å². The zero-order chi connectivity index (χ0) is 15.4. The molecule has 0 bridgehead atoms. The van der Waals surface area contributed by atoms with Crippen molar-refractivity contribution < 1.29 is 8.42 Å². The van der Waals surface area contributed by atoms with E-state index in [4.69, 9.17) is 0 Å². The molecule has 0 amide bonds. The molecule has 0 N–H and O–H groups in total. The predicted molar refractivity (Wildman–Crippen MR) is 88.2 cm³/mol. The number of amidine groups is 1. The van der Waals surface area contributed by atoms with Gasteiger partial charge in [-0.05, 0) is 11.1 Å². The van der Waals surface area contributed by atoms with Crippen molar-refractivity contribution in [2.24, 2.45) is 4.99 Å². The minimum atomic E-state index is -3.38. The van der Waals surface area contributed by atoms with Gasteiger partial charge in [-0.15, -0.1) is 0 Å². The molecule has 0 atom stereocenters. The molecule has 0 saturated heterocycles. The zero-order valence-electron chi connectivity index (χ0n) is 12.2. The molecule has 0 unspecified atom stereocenters. The summed E-state index contributed by atoms with van der Waals surface area (Å²) in [6.07, 6.45) is 0.550. The van der Waals surface area contributed by atoms with Crippen LogP contribution < -0.4 is 0 Å². The van der Waals surface area contributed by atoms with E-state index in [-0.39, 0.29) is 5.75 Å². The highest BCUT2D eigenvalue weighted by molar-refractivity contribution is 7.88. The van der Waals surface area contributed by atoms with Gasteiger partial charge in [-0.2, -0.15) is 0 Å². The quantitative estimate of drug-likeness (QED) is 0.851. The number of aliphatic imine (C=N–C) groups is 1. The van der Waals surface area contributed by atoms with Crippen LogP contribution in [0.25, 0.3) is 0 Å². The smallest absolute Gasteiger partial charge is 0.240 e. The van der Waals surface area contributed by atoms with Gasteiger partial charge in [0.15, 0.2) is 0 Å². The van der Waals surface area contributed by atoms with Crippen molar-refractivity contribution in [3.8, 4) is 0 Å². The first-order chi connectivity index (χ1) is 10.6. The monoisotopic (exact) mass is 314 g/mol. The minimum Gasteiger partial charge on any atom is -0.269 e. The van der Waals surface area contributed by atoms with E-state index in [0.717, 1.165) is 11.1 Å². The van der Waals surface area contributed by atoms with E-state index in [0.29, 0.717) is 25.3 Å². The molecule has 1 aliphatic rings. The molecule has 2 aromatic rings. The lowest BCUT2D eigenvalue weighted by atomic mass is 10.1. The van der Waals surface area contributed by atoms with Crippen LogP contribution in [-0.4, -0.2) is 31.6 Å². The van der Waals surface area contributed by atoms with Crippen LogP contribution in [0.2, 0.25) is 0 Å². The van der Waals surface area contributed by atoms with Crippen molar-refractivity contribution in [1.82, 2.24) is 4.31 Å². The fourth-order valence-corrected chi connectivity index (χ4v) is 4.14. The maximum Gasteiger partial charge on any atom is 0.240 e. The van der Waals surface area contributed by atoms with Crippen LogP contribution in [0.15, 0.2) is 65.7 Å². The Morgan fingerprint density at radius 2 is 1.50 bits per heavy atom. The Morgan fingerprint density at radius 1 is 0.909 bits per heavy atom. The van der Waals surface area contributed by atoms with Gasteiger partial charge >= 0.3 is 0 Å². The third kappa shape index (κ3) is 3.36. The number of sulfonamides is 1. The van der Waals surface area contributed by atoms with Gasteiger partial charge in [0.05, 0.1) is 18.8 Å². The van der Waals surface area contributed by atoms with Crippen LogP contribution in [0.5, 0.6) is 0 Å². The summed E-state index contributed by atoms with van der Waals surface area (Å²) in [4.78, 5) is 4.38. The summed E-state index contributed by atoms with van der Waals surface area (Å²) in [5.41, 5.74) is 1.87. The van der Waals surface area contributed by atoms with Crippen LogP contribution in [0.1, 0.15) is 11.1 Å². The molecule has 0 aliphatic carbocycles. The van der Waals surface area contributed by atoms with Gasteiger partial charge in [0.1, 0.15) is 5.84 Å². The second-order valence-corrected chi connectivity index (χ2v) is 7.17. The van der Waals surface area contributed by atoms with Crippen molar-refractivity contribution in [3.05, 3.63) is 71.8 Å². The third-order valence-corrected chi connectivity index (χ3v) is 5.38. The first kappa shape index (κ1) is 14.8. The van der Waals surface area contributed by atoms with E-state index in [1.165, 1.54) is 4.31 Å². The van der Waals surface area contributed by atoms with E-state index < -0.39 is 10.0 Å². The standard InChI is InChI=1S/C17H18N2O2S/c20-22(21,14-16-9-5-2-6-10-16)19-12-11-18-17(19)13-15-7-3-1-4-8-15/h1-10H,11-14H2. The first-order valence-corrected chi connectivity index (χ1v) is 8.88. The van der Waals surface area contributed by atoms with E-state index in [1.54, 1.807) is 0 Å². The average Bonchev–Trinajstić information content (AvgIpc) is 2.98. The second kappa shape index (κ2) is 6.32. The van der Waals surface area contributed by atoms with Crippen LogP contribution in [0.3, 0.4) is 0 Å². The van der Waals surface area contributed by atoms with Gasteiger partial charge in [-0.3, -0.25) is 9.30 Å². The fourth-order valence-electron chi connectivity index (χ4n) is 2.56. The molecule has 1 heterocycles. The molecule has 2 aromatic carbocycles. The maximum atomic E-state index is 12.6. The summed E-state index contributed by atoms with van der Waals surface area (Å²) < 4.78 is 26.8. The van der Waals surface area contributed by atoms with Crippen molar-refractivity contribution in [3.63, 3.8) is 0 Å². The molecule has 114 valence electrons. The summed E-state index contributed by atoms with van der Waals surface area (Å²) in [5.74, 6) is 0.656. The van der Waals surface area contributed by atoms with Crippen molar-refractivity contribution in [2.75, 3.05) is 13.1 Å². The molecule has 22 heavy (non-hydrogen) atoms. The second-order valence-electron chi connectivity index (χ2n) is 5.27. The summed E-state index contributed by atoms with van der Waals surface area (Å²) in [5, 5.41) is 0. The Kier molecular flexibility index (Phi) is 4.24. The van der Waals surface area contributed by atoms with Crippen LogP contribution in [0, 0.1) is 0 Å². The van der Waals surface area contributed by atoms with E-state index in [9.17, 15) is 8.42 Å². The molecular formula is C17H18N2O2S. The zero-order valence-corrected chi connectivity index (χ0v) is 13.0. The van der Waals surface area contributed by atoms with Crippen molar-refractivity contribution in [2.45, 2.75) is 12.2 Å². The fraction of sp³-hybridized carbons (Fsp3) is 0.235.